The summed E-state index contributed by atoms with van der Waals surface area (Å²) in [4.78, 5) is 29.2. The Bertz CT molecular complexity index is 1580. The maximum atomic E-state index is 13.1. The van der Waals surface area contributed by atoms with Crippen LogP contribution in [-0.2, 0) is 4.79 Å². The molecule has 2 unspecified atom stereocenters. The third-order valence-corrected chi connectivity index (χ3v) is 6.56. The lowest BCUT2D eigenvalue weighted by molar-refractivity contribution is -0.117. The predicted molar refractivity (Wildman–Crippen MR) is 137 cm³/mol. The fourth-order valence-electron chi connectivity index (χ4n) is 4.44. The molecule has 0 saturated heterocycles. The molecule has 1 aliphatic rings. The van der Waals surface area contributed by atoms with Crippen LogP contribution in [0.3, 0.4) is 0 Å². The Balaban J connectivity index is 1.22. The summed E-state index contributed by atoms with van der Waals surface area (Å²) in [6.07, 6.45) is 0.827. The van der Waals surface area contributed by atoms with Gasteiger partial charge >= 0.3 is 0 Å². The number of hydrogen-bond acceptors (Lipinski definition) is 5. The van der Waals surface area contributed by atoms with Crippen LogP contribution in [0.25, 0.3) is 22.3 Å². The van der Waals surface area contributed by atoms with E-state index in [1.54, 1.807) is 24.3 Å². The van der Waals surface area contributed by atoms with Crippen LogP contribution in [0.1, 0.15) is 28.4 Å². The van der Waals surface area contributed by atoms with Crippen molar-refractivity contribution in [1.29, 1.82) is 0 Å². The average molecular weight is 498 g/mol. The van der Waals surface area contributed by atoms with Gasteiger partial charge in [-0.15, -0.1) is 10.2 Å². The number of rotatable bonds is 6. The second-order valence-corrected chi connectivity index (χ2v) is 9.12. The van der Waals surface area contributed by atoms with E-state index in [0.29, 0.717) is 39.0 Å². The van der Waals surface area contributed by atoms with Crippen molar-refractivity contribution in [2.45, 2.75) is 12.3 Å². The molecule has 2 amide bonds. The Morgan fingerprint density at radius 1 is 0.944 bits per heavy atom. The SMILES string of the molecule is O=C(Nc1ccc(Cl)cc1-c1nn[nH]n1)c1cc2cccc(NC(=O)C3CC3c3ccccc3)c2[nH]1. The summed E-state index contributed by atoms with van der Waals surface area (Å²) in [5, 5.41) is 21.1. The monoisotopic (exact) mass is 497 g/mol. The fraction of sp³-hybridized carbons (Fsp3) is 0.115. The molecule has 1 fully saturated rings. The lowest BCUT2D eigenvalue weighted by atomic mass is 10.1. The lowest BCUT2D eigenvalue weighted by Crippen LogP contribution is -2.15. The number of hydrogen-bond donors (Lipinski definition) is 4. The number of aromatic nitrogens is 5. The number of halogens is 1. The Kier molecular flexibility index (Phi) is 5.46. The number of fused-ring (bicyclic) bond motifs is 1. The van der Waals surface area contributed by atoms with Crippen LogP contribution >= 0.6 is 11.6 Å². The van der Waals surface area contributed by atoms with Gasteiger partial charge < -0.3 is 15.6 Å². The van der Waals surface area contributed by atoms with Crippen molar-refractivity contribution in [2.24, 2.45) is 5.92 Å². The van der Waals surface area contributed by atoms with Gasteiger partial charge in [-0.3, -0.25) is 9.59 Å². The molecule has 0 bridgehead atoms. The van der Waals surface area contributed by atoms with E-state index in [1.807, 2.05) is 36.4 Å². The van der Waals surface area contributed by atoms with Crippen LogP contribution in [0.15, 0.2) is 72.8 Å². The van der Waals surface area contributed by atoms with Crippen molar-refractivity contribution < 1.29 is 9.59 Å². The summed E-state index contributed by atoms with van der Waals surface area (Å²) in [7, 11) is 0. The van der Waals surface area contributed by atoms with E-state index in [-0.39, 0.29) is 23.7 Å². The molecule has 3 aromatic carbocycles. The number of nitrogens with one attached hydrogen (secondary N) is 4. The van der Waals surface area contributed by atoms with Crippen LogP contribution in [0.2, 0.25) is 5.02 Å². The van der Waals surface area contributed by atoms with Crippen LogP contribution in [-0.4, -0.2) is 37.4 Å². The molecule has 1 aliphatic carbocycles. The van der Waals surface area contributed by atoms with E-state index < -0.39 is 0 Å². The molecule has 9 nitrogen and oxygen atoms in total. The first-order valence-electron chi connectivity index (χ1n) is 11.4. The first-order valence-corrected chi connectivity index (χ1v) is 11.8. The highest BCUT2D eigenvalue weighted by molar-refractivity contribution is 6.31. The van der Waals surface area contributed by atoms with Gasteiger partial charge in [-0.2, -0.15) is 5.21 Å². The average Bonchev–Trinajstić information content (AvgIpc) is 3.28. The highest BCUT2D eigenvalue weighted by atomic mass is 35.5. The summed E-state index contributed by atoms with van der Waals surface area (Å²) < 4.78 is 0. The maximum Gasteiger partial charge on any atom is 0.272 e. The molecule has 4 N–H and O–H groups in total. The summed E-state index contributed by atoms with van der Waals surface area (Å²) in [5.41, 5.74) is 3.85. The van der Waals surface area contributed by atoms with Gasteiger partial charge in [0.15, 0.2) is 0 Å². The molecule has 5 aromatic rings. The minimum Gasteiger partial charge on any atom is -0.349 e. The number of anilines is 2. The third-order valence-electron chi connectivity index (χ3n) is 6.33. The number of carbonyl (C=O) groups is 2. The van der Waals surface area contributed by atoms with Crippen LogP contribution in [0, 0.1) is 5.92 Å². The Labute approximate surface area is 210 Å². The number of H-pyrrole nitrogens is 2. The Morgan fingerprint density at radius 3 is 2.61 bits per heavy atom. The quantitative estimate of drug-likeness (QED) is 0.262. The fourth-order valence-corrected chi connectivity index (χ4v) is 4.61. The van der Waals surface area contributed by atoms with Crippen molar-refractivity contribution >= 4 is 45.7 Å². The van der Waals surface area contributed by atoms with Crippen molar-refractivity contribution in [3.63, 3.8) is 0 Å². The van der Waals surface area contributed by atoms with E-state index >= 15 is 0 Å². The second-order valence-electron chi connectivity index (χ2n) is 8.68. The third kappa shape index (κ3) is 4.20. The molecule has 36 heavy (non-hydrogen) atoms. The second kappa shape index (κ2) is 8.94. The highest BCUT2D eigenvalue weighted by Gasteiger charge is 2.43. The summed E-state index contributed by atoms with van der Waals surface area (Å²) in [6, 6.07) is 22.4. The zero-order valence-corrected chi connectivity index (χ0v) is 19.6. The van der Waals surface area contributed by atoms with Crippen LogP contribution in [0.5, 0.6) is 0 Å². The molecule has 6 rings (SSSR count). The van der Waals surface area contributed by atoms with E-state index in [9.17, 15) is 9.59 Å². The van der Waals surface area contributed by atoms with Gasteiger partial charge in [0.1, 0.15) is 5.69 Å². The minimum absolute atomic E-state index is 0.0251. The number of para-hydroxylation sites is 1. The molecule has 0 spiro atoms. The summed E-state index contributed by atoms with van der Waals surface area (Å²) in [6.45, 7) is 0. The Hall–Kier alpha value is -4.50. The first-order chi connectivity index (χ1) is 17.6. The molecule has 2 atom stereocenters. The largest absolute Gasteiger partial charge is 0.349 e. The van der Waals surface area contributed by atoms with E-state index in [4.69, 9.17) is 11.6 Å². The highest BCUT2D eigenvalue weighted by Crippen LogP contribution is 2.48. The van der Waals surface area contributed by atoms with Gasteiger partial charge in [0.25, 0.3) is 5.91 Å². The van der Waals surface area contributed by atoms with Crippen molar-refractivity contribution in [2.75, 3.05) is 10.6 Å². The smallest absolute Gasteiger partial charge is 0.272 e. The molecule has 2 aromatic heterocycles. The number of benzene rings is 3. The van der Waals surface area contributed by atoms with E-state index in [0.717, 1.165) is 11.8 Å². The predicted octanol–water partition coefficient (Wildman–Crippen LogP) is 5.00. The van der Waals surface area contributed by atoms with Gasteiger partial charge in [0, 0.05) is 21.9 Å². The number of carbonyl (C=O) groups excluding carboxylic acids is 2. The maximum absolute atomic E-state index is 13.1. The van der Waals surface area contributed by atoms with Crippen LogP contribution < -0.4 is 10.6 Å². The molecular formula is C26H20ClN7O2. The molecule has 0 radical (unpaired) electrons. The molecular weight excluding hydrogens is 478 g/mol. The first kappa shape index (κ1) is 22.0. The number of tetrazole rings is 1. The zero-order valence-electron chi connectivity index (χ0n) is 18.8. The number of amides is 2. The van der Waals surface area contributed by atoms with Crippen LogP contribution in [0.4, 0.5) is 11.4 Å². The van der Waals surface area contributed by atoms with Crippen molar-refractivity contribution in [3.8, 4) is 11.4 Å². The number of nitrogens with zero attached hydrogens (tertiary/aromatic N) is 3. The Morgan fingerprint density at radius 2 is 1.81 bits per heavy atom. The minimum atomic E-state index is -0.359. The van der Waals surface area contributed by atoms with Gasteiger partial charge in [-0.05, 0) is 53.4 Å². The molecule has 178 valence electrons. The van der Waals surface area contributed by atoms with Crippen molar-refractivity contribution in [3.05, 3.63) is 89.1 Å². The number of aromatic amines is 2. The molecule has 1 saturated carbocycles. The van der Waals surface area contributed by atoms with Gasteiger partial charge in [0.2, 0.25) is 11.7 Å². The normalized spacial score (nSPS) is 16.6. The zero-order chi connectivity index (χ0) is 24.6. The molecule has 10 heteroatoms. The van der Waals surface area contributed by atoms with E-state index in [1.165, 1.54) is 5.56 Å². The van der Waals surface area contributed by atoms with Gasteiger partial charge in [0.05, 0.1) is 16.9 Å². The van der Waals surface area contributed by atoms with Gasteiger partial charge in [-0.1, -0.05) is 54.1 Å². The lowest BCUT2D eigenvalue weighted by Gasteiger charge is -2.09. The molecule has 2 heterocycles. The summed E-state index contributed by atoms with van der Waals surface area (Å²) >= 11 is 6.13. The van der Waals surface area contributed by atoms with Crippen molar-refractivity contribution in [1.82, 2.24) is 25.6 Å². The summed E-state index contributed by atoms with van der Waals surface area (Å²) in [5.74, 6) is 0.102. The molecule has 0 aliphatic heterocycles. The standard InChI is InChI=1S/C26H20ClN7O2/c27-16-9-10-20(19(12-16)24-31-33-34-32-24)29-26(36)22-11-15-7-4-8-21(23(15)28-22)30-25(35)18-13-17(18)14-5-2-1-3-6-14/h1-12,17-18,28H,13H2,(H,29,36)(H,30,35)(H,31,32,33,34). The topological polar surface area (TPSA) is 128 Å². The van der Waals surface area contributed by atoms with Gasteiger partial charge in [-0.25, -0.2) is 0 Å². The van der Waals surface area contributed by atoms with E-state index in [2.05, 4.69) is 48.4 Å².